The number of esters is 1. The fourth-order valence-electron chi connectivity index (χ4n) is 1.23. The molecule has 1 atom stereocenters. The molecule has 0 saturated carbocycles. The van der Waals surface area contributed by atoms with Gasteiger partial charge in [-0.1, -0.05) is 11.6 Å². The highest BCUT2D eigenvalue weighted by Gasteiger charge is 2.33. The SMILES string of the molecule is CC(C)=CC(C)(CN)C(=O)OC(C)(C)C. The van der Waals surface area contributed by atoms with E-state index in [-0.39, 0.29) is 12.5 Å². The summed E-state index contributed by atoms with van der Waals surface area (Å²) in [4.78, 5) is 11.9. The molecular weight excluding hydrogens is 190 g/mol. The first-order valence-corrected chi connectivity index (χ1v) is 5.20. The highest BCUT2D eigenvalue weighted by molar-refractivity contribution is 5.79. The third-order valence-corrected chi connectivity index (χ3v) is 1.90. The Bertz CT molecular complexity index is 259. The lowest BCUT2D eigenvalue weighted by Crippen LogP contribution is -2.39. The van der Waals surface area contributed by atoms with Gasteiger partial charge in [-0.3, -0.25) is 4.79 Å². The zero-order valence-corrected chi connectivity index (χ0v) is 10.7. The highest BCUT2D eigenvalue weighted by Crippen LogP contribution is 2.23. The van der Waals surface area contributed by atoms with Gasteiger partial charge < -0.3 is 10.5 Å². The second-order valence-corrected chi connectivity index (χ2v) is 5.35. The van der Waals surface area contributed by atoms with E-state index >= 15 is 0 Å². The molecule has 0 aromatic carbocycles. The molecule has 0 rings (SSSR count). The molecule has 3 nitrogen and oxygen atoms in total. The van der Waals surface area contributed by atoms with Crippen LogP contribution in [0, 0.1) is 5.41 Å². The molecule has 0 bridgehead atoms. The third-order valence-electron chi connectivity index (χ3n) is 1.90. The van der Waals surface area contributed by atoms with Gasteiger partial charge in [-0.05, 0) is 41.5 Å². The van der Waals surface area contributed by atoms with Gasteiger partial charge >= 0.3 is 5.97 Å². The lowest BCUT2D eigenvalue weighted by Gasteiger charge is -2.28. The van der Waals surface area contributed by atoms with E-state index in [2.05, 4.69) is 0 Å². The molecule has 0 aliphatic rings. The maximum atomic E-state index is 11.9. The van der Waals surface area contributed by atoms with E-state index in [0.29, 0.717) is 0 Å². The predicted molar refractivity (Wildman–Crippen MR) is 62.4 cm³/mol. The number of carbonyl (C=O) groups excluding carboxylic acids is 1. The maximum Gasteiger partial charge on any atom is 0.317 e. The van der Waals surface area contributed by atoms with Crippen molar-refractivity contribution in [3.8, 4) is 0 Å². The second-order valence-electron chi connectivity index (χ2n) is 5.35. The molecule has 0 aromatic heterocycles. The van der Waals surface area contributed by atoms with E-state index in [9.17, 15) is 4.79 Å². The Morgan fingerprint density at radius 3 is 2.00 bits per heavy atom. The number of ether oxygens (including phenoxy) is 1. The van der Waals surface area contributed by atoms with Gasteiger partial charge in [-0.25, -0.2) is 0 Å². The Hall–Kier alpha value is -0.830. The molecule has 0 saturated heterocycles. The van der Waals surface area contributed by atoms with Crippen LogP contribution in [0.15, 0.2) is 11.6 Å². The minimum atomic E-state index is -0.716. The van der Waals surface area contributed by atoms with Crippen LogP contribution in [0.2, 0.25) is 0 Å². The summed E-state index contributed by atoms with van der Waals surface area (Å²) < 4.78 is 5.33. The molecule has 0 aliphatic carbocycles. The summed E-state index contributed by atoms with van der Waals surface area (Å²) >= 11 is 0. The van der Waals surface area contributed by atoms with E-state index in [1.165, 1.54) is 0 Å². The van der Waals surface area contributed by atoms with E-state index in [1.807, 2.05) is 40.7 Å². The zero-order valence-electron chi connectivity index (χ0n) is 10.7. The van der Waals surface area contributed by atoms with Gasteiger partial charge in [0, 0.05) is 6.54 Å². The van der Waals surface area contributed by atoms with Gasteiger partial charge in [-0.15, -0.1) is 0 Å². The van der Waals surface area contributed by atoms with Crippen molar-refractivity contribution in [2.24, 2.45) is 11.1 Å². The van der Waals surface area contributed by atoms with Gasteiger partial charge in [0.1, 0.15) is 5.60 Å². The van der Waals surface area contributed by atoms with Crippen LogP contribution in [0.3, 0.4) is 0 Å². The molecule has 0 heterocycles. The molecule has 0 fully saturated rings. The minimum absolute atomic E-state index is 0.257. The first-order valence-electron chi connectivity index (χ1n) is 5.20. The van der Waals surface area contributed by atoms with Crippen LogP contribution < -0.4 is 5.73 Å². The maximum absolute atomic E-state index is 11.9. The number of hydrogen-bond acceptors (Lipinski definition) is 3. The number of hydrogen-bond donors (Lipinski definition) is 1. The number of nitrogens with two attached hydrogens (primary N) is 1. The van der Waals surface area contributed by atoms with Crippen LogP contribution in [0.25, 0.3) is 0 Å². The summed E-state index contributed by atoms with van der Waals surface area (Å²) in [5.74, 6) is -0.265. The van der Waals surface area contributed by atoms with Crippen molar-refractivity contribution in [2.45, 2.75) is 47.1 Å². The Morgan fingerprint density at radius 2 is 1.73 bits per heavy atom. The molecule has 0 aliphatic heterocycles. The summed E-state index contributed by atoms with van der Waals surface area (Å²) in [6.45, 7) is 11.5. The molecule has 0 spiro atoms. The number of carbonyl (C=O) groups is 1. The van der Waals surface area contributed by atoms with Gasteiger partial charge in [0.2, 0.25) is 0 Å². The Kier molecular flexibility index (Phi) is 4.53. The minimum Gasteiger partial charge on any atom is -0.459 e. The van der Waals surface area contributed by atoms with Crippen molar-refractivity contribution in [3.63, 3.8) is 0 Å². The highest BCUT2D eigenvalue weighted by atomic mass is 16.6. The fourth-order valence-corrected chi connectivity index (χ4v) is 1.23. The lowest BCUT2D eigenvalue weighted by atomic mass is 9.88. The van der Waals surface area contributed by atoms with Crippen molar-refractivity contribution < 1.29 is 9.53 Å². The van der Waals surface area contributed by atoms with Crippen molar-refractivity contribution >= 4 is 5.97 Å². The topological polar surface area (TPSA) is 52.3 Å². The Balaban J connectivity index is 4.83. The molecule has 0 aromatic rings. The number of rotatable bonds is 3. The first kappa shape index (κ1) is 14.2. The van der Waals surface area contributed by atoms with Crippen LogP contribution >= 0.6 is 0 Å². The quantitative estimate of drug-likeness (QED) is 0.578. The standard InChI is InChI=1S/C12H23NO2/c1-9(2)7-12(6,8-13)10(14)15-11(3,4)5/h7H,8,13H2,1-6H3. The number of allylic oxidation sites excluding steroid dienone is 1. The molecule has 88 valence electrons. The van der Waals surface area contributed by atoms with Crippen LogP contribution in [-0.2, 0) is 9.53 Å². The average Bonchev–Trinajstić information content (AvgIpc) is 1.99. The largest absolute Gasteiger partial charge is 0.459 e. The Morgan fingerprint density at radius 1 is 1.27 bits per heavy atom. The van der Waals surface area contributed by atoms with Crippen LogP contribution in [0.4, 0.5) is 0 Å². The zero-order chi connectivity index (χ0) is 12.3. The van der Waals surface area contributed by atoms with Crippen molar-refractivity contribution in [3.05, 3.63) is 11.6 Å². The molecule has 1 unspecified atom stereocenters. The summed E-state index contributed by atoms with van der Waals surface area (Å²) in [6.07, 6.45) is 1.86. The fraction of sp³-hybridized carbons (Fsp3) is 0.750. The van der Waals surface area contributed by atoms with Crippen molar-refractivity contribution in [2.75, 3.05) is 6.54 Å². The summed E-state index contributed by atoms with van der Waals surface area (Å²) in [5, 5.41) is 0. The second kappa shape index (κ2) is 4.79. The molecular formula is C12H23NO2. The van der Waals surface area contributed by atoms with E-state index in [4.69, 9.17) is 10.5 Å². The van der Waals surface area contributed by atoms with Crippen LogP contribution in [0.5, 0.6) is 0 Å². The van der Waals surface area contributed by atoms with Gasteiger partial charge in [0.15, 0.2) is 0 Å². The Labute approximate surface area is 92.7 Å². The third kappa shape index (κ3) is 4.98. The smallest absolute Gasteiger partial charge is 0.317 e. The molecule has 15 heavy (non-hydrogen) atoms. The van der Waals surface area contributed by atoms with Gasteiger partial charge in [0.25, 0.3) is 0 Å². The molecule has 3 heteroatoms. The summed E-state index contributed by atoms with van der Waals surface area (Å²) in [7, 11) is 0. The van der Waals surface area contributed by atoms with Gasteiger partial charge in [0.05, 0.1) is 5.41 Å². The van der Waals surface area contributed by atoms with Crippen LogP contribution in [-0.4, -0.2) is 18.1 Å². The lowest BCUT2D eigenvalue weighted by molar-refractivity contribution is -0.163. The monoisotopic (exact) mass is 213 g/mol. The van der Waals surface area contributed by atoms with Crippen molar-refractivity contribution in [1.29, 1.82) is 0 Å². The van der Waals surface area contributed by atoms with Crippen molar-refractivity contribution in [1.82, 2.24) is 0 Å². The first-order chi connectivity index (χ1) is 6.60. The normalized spacial score (nSPS) is 15.4. The van der Waals surface area contributed by atoms with Gasteiger partial charge in [-0.2, -0.15) is 0 Å². The predicted octanol–water partition coefficient (Wildman–Crippen LogP) is 2.26. The molecule has 2 N–H and O–H groups in total. The summed E-state index contributed by atoms with van der Waals surface area (Å²) in [6, 6.07) is 0. The average molecular weight is 213 g/mol. The van der Waals surface area contributed by atoms with Crippen LogP contribution in [0.1, 0.15) is 41.5 Å². The van der Waals surface area contributed by atoms with E-state index < -0.39 is 11.0 Å². The van der Waals surface area contributed by atoms with E-state index in [0.717, 1.165) is 5.57 Å². The molecule has 0 radical (unpaired) electrons. The molecule has 0 amide bonds. The van der Waals surface area contributed by atoms with E-state index in [1.54, 1.807) is 6.92 Å². The summed E-state index contributed by atoms with van der Waals surface area (Å²) in [5.41, 5.74) is 5.51.